The van der Waals surface area contributed by atoms with Crippen molar-refractivity contribution in [3.63, 3.8) is 0 Å². The minimum absolute atomic E-state index is 0.0199. The van der Waals surface area contributed by atoms with Gasteiger partial charge in [-0.2, -0.15) is 0 Å². The number of carbonyl (C=O) groups is 16. The third-order valence-corrected chi connectivity index (χ3v) is 25.0. The van der Waals surface area contributed by atoms with Gasteiger partial charge in [-0.25, -0.2) is 13.2 Å². The summed E-state index contributed by atoms with van der Waals surface area (Å²) in [7, 11) is 3.80. The molecule has 3 aliphatic rings. The van der Waals surface area contributed by atoms with Crippen LogP contribution in [0, 0.1) is 29.3 Å². The number of amides is 15. The van der Waals surface area contributed by atoms with Crippen LogP contribution in [-0.4, -0.2) is 270 Å². The Morgan fingerprint density at radius 1 is 0.504 bits per heavy atom. The van der Waals surface area contributed by atoms with Gasteiger partial charge in [0, 0.05) is 89.2 Å². The highest BCUT2D eigenvalue weighted by molar-refractivity contribution is 8.00. The number of hydrogen-bond donors (Lipinski definition) is 14. The molecule has 1 aromatic heterocycles. The normalized spacial score (nSPS) is 23.6. The van der Waals surface area contributed by atoms with E-state index in [9.17, 15) is 48.5 Å². The maximum absolute atomic E-state index is 15.7. The molecule has 4 heterocycles. The van der Waals surface area contributed by atoms with Crippen LogP contribution < -0.4 is 53.6 Å². The van der Waals surface area contributed by atoms with Crippen LogP contribution >= 0.6 is 11.8 Å². The van der Waals surface area contributed by atoms with Crippen molar-refractivity contribution >= 4 is 117 Å². The number of carboxylic acids is 1. The van der Waals surface area contributed by atoms with E-state index in [4.69, 9.17) is 5.73 Å². The minimum atomic E-state index is -1.92. The number of nitrogens with zero attached hydrogens (tertiary/aromatic N) is 5. The van der Waals surface area contributed by atoms with E-state index < -0.39 is 233 Å². The number of carboxylic acid groups (broad SMARTS) is 1. The molecule has 5 aromatic carbocycles. The van der Waals surface area contributed by atoms with Gasteiger partial charge in [-0.3, -0.25) is 76.7 Å². The molecule has 0 bridgehead atoms. The van der Waals surface area contributed by atoms with Gasteiger partial charge in [0.15, 0.2) is 17.5 Å². The Hall–Kier alpha value is -13.1. The molecular weight excluding hydrogens is 1750 g/mol. The Balaban J connectivity index is 1.13. The van der Waals surface area contributed by atoms with Crippen LogP contribution in [0.3, 0.4) is 0 Å². The molecule has 9 rings (SSSR count). The molecule has 3 aliphatic heterocycles. The highest BCUT2D eigenvalue weighted by atomic mass is 32.2. The third-order valence-electron chi connectivity index (χ3n) is 23.9. The third kappa shape index (κ3) is 28.7. The van der Waals surface area contributed by atoms with Crippen molar-refractivity contribution in [1.29, 1.82) is 0 Å². The molecule has 0 aliphatic carbocycles. The Bertz CT molecular complexity index is 5140. The van der Waals surface area contributed by atoms with Gasteiger partial charge in [-0.1, -0.05) is 140 Å². The van der Waals surface area contributed by atoms with Gasteiger partial charge in [0.25, 0.3) is 0 Å². The summed E-state index contributed by atoms with van der Waals surface area (Å²) in [6.07, 6.45) is 0.429. The number of aliphatic carboxylic acids is 1. The molecule has 133 heavy (non-hydrogen) atoms. The number of phenols is 2. The van der Waals surface area contributed by atoms with Crippen molar-refractivity contribution < 1.29 is 105 Å². The van der Waals surface area contributed by atoms with Gasteiger partial charge in [0.05, 0.1) is 18.7 Å². The van der Waals surface area contributed by atoms with E-state index in [0.717, 1.165) is 14.7 Å². The molecule has 3 saturated heterocycles. The van der Waals surface area contributed by atoms with Crippen molar-refractivity contribution in [2.75, 3.05) is 52.3 Å². The molecule has 13 atom stereocenters. The summed E-state index contributed by atoms with van der Waals surface area (Å²) in [5, 5.41) is 55.6. The molecule has 15 amide bonds. The zero-order chi connectivity index (χ0) is 97.2. The highest BCUT2D eigenvalue weighted by Gasteiger charge is 2.46. The maximum atomic E-state index is 15.7. The zero-order valence-corrected chi connectivity index (χ0v) is 76.8. The molecule has 0 spiro atoms. The summed E-state index contributed by atoms with van der Waals surface area (Å²) < 4.78 is 45.1. The van der Waals surface area contributed by atoms with Gasteiger partial charge < -0.3 is 98.4 Å². The summed E-state index contributed by atoms with van der Waals surface area (Å²) in [5.74, 6) is -23.7. The molecule has 35 nitrogen and oxygen atoms in total. The van der Waals surface area contributed by atoms with Crippen LogP contribution in [-0.2, 0) is 109 Å². The second-order valence-electron chi connectivity index (χ2n) is 34.8. The standard InChI is InChI=1S/C94H121F3N16O19S/c1-10-12-25-72-87(125)106-70(43-56-31-35-60(115)36-32-56)91(129)112-37-19-27-73(112)88(126)104-67(46-58-48-99-64-24-18-17-23-61(58)64)85(123)103-66(42-55-29-33-59(114)34-30-55)84(122)102-65(39-52(3)4)83(121)107-71(82(120)100-49-77(98)116)50-133-51-78(117)101-69(44-57-40-62(95)80(97)63(96)41-57)90(128)111(9)76(45-54-21-15-14-16-22-54)92(130)110(8)75(26-13-11-2)93(131)113-38-20-28-74(113)89(127)105-68(47-79(118)119)86(124)108-81(53(5)6)94(132)109(72)7/h14-18,21-24,29-36,40-41,48,52-53,65-76,81,99,114-115H,10-13,19-20,25-28,37-39,42-47,49-51H2,1-9H3,(H2,98,116)(H,100,120)(H,101,117)(H,102,122)(H,103,123)(H,104,126)(H,105,127)(H,106,125)(H,107,121)(H,108,124)(H,118,119)/t65-,66-,67-,68-,69-,70-,71-,72-,73+,74+,75-,76-,81-/m0/s1. The number of phenolic OH excluding ortho intramolecular Hbond substituents is 2. The SMILES string of the molecule is CCCC[C@H]1C(=O)N[C@@H](Cc2ccc(O)cc2)C(=O)N2CCC[C@@H]2C(=O)N[C@@H](Cc2c[nH]c3ccccc23)C(=O)N[C@@H](Cc2ccc(O)cc2)C(=O)N[C@@H](CC(C)C)C(=O)N[C@H](C(=O)NCC(N)=O)CSCC(=O)N[C@@H](Cc2cc(F)c(F)c(F)c2)C(=O)N(C)[C@@H](Cc2ccccc2)C(=O)N(C)[C@@H](CCCC)C(=O)N2CCC[C@@H]2C(=O)N[C@@H](CC(=O)O)C(=O)N[C@@H](C(C)C)C(=O)N1C. The number of aromatic hydroxyl groups is 2. The van der Waals surface area contributed by atoms with E-state index in [1.54, 1.807) is 88.5 Å². The van der Waals surface area contributed by atoms with Gasteiger partial charge >= 0.3 is 5.97 Å². The lowest BCUT2D eigenvalue weighted by Crippen LogP contribution is -2.62. The quantitative estimate of drug-likeness (QED) is 0.0384. The first-order chi connectivity index (χ1) is 63.2. The van der Waals surface area contributed by atoms with Gasteiger partial charge in [-0.05, 0) is 127 Å². The van der Waals surface area contributed by atoms with Gasteiger partial charge in [0.1, 0.15) is 90.0 Å². The number of para-hydroxylation sites is 1. The Labute approximate surface area is 773 Å². The number of rotatable bonds is 24. The lowest BCUT2D eigenvalue weighted by Gasteiger charge is -2.38. The summed E-state index contributed by atoms with van der Waals surface area (Å²) in [4.78, 5) is 246. The van der Waals surface area contributed by atoms with Crippen LogP contribution in [0.15, 0.2) is 121 Å². The Kier molecular flexibility index (Phi) is 38.1. The fourth-order valence-electron chi connectivity index (χ4n) is 16.7. The van der Waals surface area contributed by atoms with Crippen molar-refractivity contribution in [2.24, 2.45) is 17.6 Å². The number of carbonyl (C=O) groups excluding carboxylic acids is 15. The smallest absolute Gasteiger partial charge is 0.305 e. The summed E-state index contributed by atoms with van der Waals surface area (Å²) in [6.45, 7) is 9.28. The highest BCUT2D eigenvalue weighted by Crippen LogP contribution is 2.29. The number of nitrogens with one attached hydrogen (secondary N) is 10. The Morgan fingerprint density at radius 2 is 0.985 bits per heavy atom. The molecular formula is C94H121F3N16O19S. The number of halogens is 3. The molecule has 3 fully saturated rings. The average molecular weight is 1870 g/mol. The van der Waals surface area contributed by atoms with Crippen molar-refractivity contribution in [3.05, 3.63) is 167 Å². The second kappa shape index (κ2) is 48.9. The summed E-state index contributed by atoms with van der Waals surface area (Å²) in [5.41, 5.74) is 7.50. The fourth-order valence-corrected chi connectivity index (χ4v) is 17.5. The van der Waals surface area contributed by atoms with E-state index in [1.165, 1.54) is 79.5 Å². The number of hydrogen-bond acceptors (Lipinski definition) is 19. The molecule has 15 N–H and O–H groups in total. The first kappa shape index (κ1) is 104. The molecule has 6 aromatic rings. The van der Waals surface area contributed by atoms with Crippen LogP contribution in [0.5, 0.6) is 11.5 Å². The van der Waals surface area contributed by atoms with Gasteiger partial charge in [0.2, 0.25) is 88.6 Å². The predicted molar refractivity (Wildman–Crippen MR) is 486 cm³/mol. The van der Waals surface area contributed by atoms with Crippen molar-refractivity contribution in [2.45, 2.75) is 229 Å². The summed E-state index contributed by atoms with van der Waals surface area (Å²) >= 11 is 0.680. The van der Waals surface area contributed by atoms with Crippen molar-refractivity contribution in [3.8, 4) is 11.5 Å². The largest absolute Gasteiger partial charge is 0.508 e. The van der Waals surface area contributed by atoms with Crippen LogP contribution in [0.25, 0.3) is 10.9 Å². The van der Waals surface area contributed by atoms with Crippen LogP contribution in [0.1, 0.15) is 146 Å². The second-order valence-corrected chi connectivity index (χ2v) is 35.8. The lowest BCUT2D eigenvalue weighted by molar-refractivity contribution is -0.152. The minimum Gasteiger partial charge on any atom is -0.508 e. The summed E-state index contributed by atoms with van der Waals surface area (Å²) in [6, 6.07) is 7.37. The van der Waals surface area contributed by atoms with Crippen LogP contribution in [0.4, 0.5) is 13.2 Å². The number of nitrogens with two attached hydrogens (primary N) is 1. The zero-order valence-electron chi connectivity index (χ0n) is 76.0. The van der Waals surface area contributed by atoms with Crippen molar-refractivity contribution in [1.82, 2.24) is 77.3 Å². The number of benzene rings is 5. The van der Waals surface area contributed by atoms with Gasteiger partial charge in [-0.15, -0.1) is 11.8 Å². The van der Waals surface area contributed by atoms with E-state index >= 15 is 56.7 Å². The number of likely N-dealkylation sites (N-methyl/N-ethyl adjacent to an activating group) is 3. The number of fused-ring (bicyclic) bond motifs is 3. The predicted octanol–water partition coefficient (Wildman–Crippen LogP) is 3.76. The molecule has 0 radical (unpaired) electrons. The molecule has 0 saturated carbocycles. The molecule has 718 valence electrons. The Morgan fingerprint density at radius 3 is 1.56 bits per heavy atom. The average Bonchev–Trinajstić information content (AvgIpc) is 1.74. The van der Waals surface area contributed by atoms with E-state index in [0.29, 0.717) is 82.7 Å². The first-order valence-electron chi connectivity index (χ1n) is 44.7. The topological polar surface area (TPSA) is 500 Å². The number of H-pyrrole nitrogens is 1. The number of aromatic amines is 1. The monoisotopic (exact) mass is 1870 g/mol. The van der Waals surface area contributed by atoms with Crippen LogP contribution in [0.2, 0.25) is 0 Å². The molecule has 39 heteroatoms. The first-order valence-corrected chi connectivity index (χ1v) is 45.9. The maximum Gasteiger partial charge on any atom is 0.305 e. The number of primary amides is 1. The lowest BCUT2D eigenvalue weighted by atomic mass is 9.98. The van der Waals surface area contributed by atoms with E-state index in [-0.39, 0.29) is 101 Å². The number of unbranched alkanes of at least 4 members (excludes halogenated alkanes) is 2. The van der Waals surface area contributed by atoms with E-state index in [1.807, 2.05) is 13.8 Å². The number of thioether (sulfide) groups is 1. The molecule has 0 unspecified atom stereocenters. The fraction of sp³-hybridized carbons (Fsp3) is 0.489. The van der Waals surface area contributed by atoms with E-state index in [2.05, 4.69) is 52.8 Å². The number of aromatic nitrogens is 1.